The average Bonchev–Trinajstić information content (AvgIpc) is 3.44. The van der Waals surface area contributed by atoms with Crippen molar-refractivity contribution in [3.8, 4) is 11.5 Å². The second kappa shape index (κ2) is 9.02. The molecule has 1 atom stereocenters. The van der Waals surface area contributed by atoms with E-state index in [1.54, 1.807) is 0 Å². The standard InChI is InChI=1S/C20H27N5O3S/c1-3-27-17-9-14-8-13(2)28-18(14)10-15(17)11-21-19(26)12-29-20-22-23-24-25(20)16-6-4-5-7-16/h9-10,13,16H,3-8,11-12H2,1-2H3,(H,21,26)/t13-/m0/s1. The number of fused-ring (bicyclic) bond motifs is 1. The minimum Gasteiger partial charge on any atom is -0.494 e. The number of rotatable bonds is 8. The number of nitrogens with one attached hydrogen (secondary N) is 1. The van der Waals surface area contributed by atoms with E-state index in [1.807, 2.05) is 23.7 Å². The molecule has 0 radical (unpaired) electrons. The van der Waals surface area contributed by atoms with Crippen LogP contribution in [0.2, 0.25) is 0 Å². The van der Waals surface area contributed by atoms with Crippen LogP contribution in [0.4, 0.5) is 0 Å². The number of thioether (sulfide) groups is 1. The second-order valence-corrected chi connectivity index (χ2v) is 8.49. The molecular weight excluding hydrogens is 390 g/mol. The Labute approximate surface area is 174 Å². The van der Waals surface area contributed by atoms with E-state index in [4.69, 9.17) is 9.47 Å². The highest BCUT2D eigenvalue weighted by Crippen LogP contribution is 2.35. The fraction of sp³-hybridized carbons (Fsp3) is 0.600. The highest BCUT2D eigenvalue weighted by molar-refractivity contribution is 7.99. The number of nitrogens with zero attached hydrogens (tertiary/aromatic N) is 4. The van der Waals surface area contributed by atoms with Crippen LogP contribution in [0, 0.1) is 0 Å². The third-order valence-corrected chi connectivity index (χ3v) is 6.25. The minimum absolute atomic E-state index is 0.0618. The maximum absolute atomic E-state index is 12.4. The molecule has 4 rings (SSSR count). The summed E-state index contributed by atoms with van der Waals surface area (Å²) < 4.78 is 13.5. The van der Waals surface area contributed by atoms with E-state index < -0.39 is 0 Å². The number of hydrogen-bond donors (Lipinski definition) is 1. The smallest absolute Gasteiger partial charge is 0.230 e. The quantitative estimate of drug-likeness (QED) is 0.660. The van der Waals surface area contributed by atoms with Crippen molar-refractivity contribution in [3.05, 3.63) is 23.3 Å². The number of carbonyl (C=O) groups excluding carboxylic acids is 1. The van der Waals surface area contributed by atoms with E-state index in [-0.39, 0.29) is 17.8 Å². The van der Waals surface area contributed by atoms with Gasteiger partial charge in [0.25, 0.3) is 0 Å². The number of carbonyl (C=O) groups is 1. The van der Waals surface area contributed by atoms with Gasteiger partial charge in [-0.25, -0.2) is 4.68 Å². The van der Waals surface area contributed by atoms with Gasteiger partial charge in [0, 0.05) is 24.1 Å². The molecule has 1 amide bonds. The maximum Gasteiger partial charge on any atom is 0.230 e. The summed E-state index contributed by atoms with van der Waals surface area (Å²) in [6.07, 6.45) is 5.68. The third kappa shape index (κ3) is 4.66. The molecular formula is C20H27N5O3S. The van der Waals surface area contributed by atoms with Gasteiger partial charge in [-0.3, -0.25) is 4.79 Å². The molecule has 0 unspecified atom stereocenters. The van der Waals surface area contributed by atoms with Crippen LogP contribution in [0.25, 0.3) is 0 Å². The van der Waals surface area contributed by atoms with Gasteiger partial charge in [-0.1, -0.05) is 24.6 Å². The van der Waals surface area contributed by atoms with Crippen molar-refractivity contribution in [1.29, 1.82) is 0 Å². The molecule has 1 aliphatic carbocycles. The Morgan fingerprint density at radius 3 is 3.00 bits per heavy atom. The number of hydrogen-bond acceptors (Lipinski definition) is 7. The molecule has 0 bridgehead atoms. The molecule has 2 aromatic rings. The van der Waals surface area contributed by atoms with E-state index in [0.29, 0.717) is 24.3 Å². The normalized spacial score (nSPS) is 18.5. The molecule has 1 aliphatic heterocycles. The Bertz CT molecular complexity index is 866. The molecule has 0 spiro atoms. The molecule has 1 aromatic carbocycles. The van der Waals surface area contributed by atoms with E-state index >= 15 is 0 Å². The zero-order valence-electron chi connectivity index (χ0n) is 16.9. The monoisotopic (exact) mass is 417 g/mol. The number of benzene rings is 1. The fourth-order valence-electron chi connectivity index (χ4n) is 3.94. The first kappa shape index (κ1) is 20.0. The first-order chi connectivity index (χ1) is 14.1. The largest absolute Gasteiger partial charge is 0.494 e. The second-order valence-electron chi connectivity index (χ2n) is 7.54. The van der Waals surface area contributed by atoms with E-state index in [0.717, 1.165) is 41.9 Å². The number of aromatic nitrogens is 4. The topological polar surface area (TPSA) is 91.2 Å². The Balaban J connectivity index is 1.34. The van der Waals surface area contributed by atoms with Crippen molar-refractivity contribution in [1.82, 2.24) is 25.5 Å². The van der Waals surface area contributed by atoms with Crippen LogP contribution < -0.4 is 14.8 Å². The lowest BCUT2D eigenvalue weighted by atomic mass is 10.1. The Kier molecular flexibility index (Phi) is 6.22. The average molecular weight is 418 g/mol. The highest BCUT2D eigenvalue weighted by Gasteiger charge is 2.23. The first-order valence-corrected chi connectivity index (χ1v) is 11.2. The molecule has 2 heterocycles. The predicted octanol–water partition coefficient (Wildman–Crippen LogP) is 2.92. The molecule has 2 aliphatic rings. The number of ether oxygens (including phenoxy) is 2. The molecule has 1 N–H and O–H groups in total. The van der Waals surface area contributed by atoms with E-state index in [1.165, 1.54) is 24.6 Å². The van der Waals surface area contributed by atoms with Crippen molar-refractivity contribution >= 4 is 17.7 Å². The zero-order chi connectivity index (χ0) is 20.2. The van der Waals surface area contributed by atoms with Gasteiger partial charge in [0.1, 0.15) is 17.6 Å². The molecule has 8 nitrogen and oxygen atoms in total. The summed E-state index contributed by atoms with van der Waals surface area (Å²) in [7, 11) is 0. The van der Waals surface area contributed by atoms with Gasteiger partial charge in [0.05, 0.1) is 18.4 Å². The molecule has 29 heavy (non-hydrogen) atoms. The molecule has 1 aromatic heterocycles. The molecule has 9 heteroatoms. The third-order valence-electron chi connectivity index (χ3n) is 5.32. The van der Waals surface area contributed by atoms with Gasteiger partial charge in [0.15, 0.2) is 0 Å². The summed E-state index contributed by atoms with van der Waals surface area (Å²) in [5.74, 6) is 1.90. The lowest BCUT2D eigenvalue weighted by molar-refractivity contribution is -0.118. The van der Waals surface area contributed by atoms with Crippen LogP contribution in [-0.4, -0.2) is 44.6 Å². The summed E-state index contributed by atoms with van der Waals surface area (Å²) in [6.45, 7) is 4.99. The number of tetrazole rings is 1. The Morgan fingerprint density at radius 1 is 1.38 bits per heavy atom. The van der Waals surface area contributed by atoms with Gasteiger partial charge in [-0.15, -0.1) is 5.10 Å². The first-order valence-electron chi connectivity index (χ1n) is 10.3. The van der Waals surface area contributed by atoms with Crippen LogP contribution in [0.15, 0.2) is 17.3 Å². The summed E-state index contributed by atoms with van der Waals surface area (Å²) in [5.41, 5.74) is 2.08. The fourth-order valence-corrected chi connectivity index (χ4v) is 4.72. The Morgan fingerprint density at radius 2 is 2.21 bits per heavy atom. The summed E-state index contributed by atoms with van der Waals surface area (Å²) in [4.78, 5) is 12.4. The van der Waals surface area contributed by atoms with Gasteiger partial charge >= 0.3 is 0 Å². The number of amides is 1. The molecule has 1 fully saturated rings. The van der Waals surface area contributed by atoms with Gasteiger partial charge < -0.3 is 14.8 Å². The van der Waals surface area contributed by atoms with Gasteiger partial charge in [0.2, 0.25) is 11.1 Å². The van der Waals surface area contributed by atoms with E-state index in [9.17, 15) is 4.79 Å². The van der Waals surface area contributed by atoms with Gasteiger partial charge in [-0.2, -0.15) is 0 Å². The molecule has 0 saturated heterocycles. The van der Waals surface area contributed by atoms with E-state index in [2.05, 4.69) is 27.8 Å². The van der Waals surface area contributed by atoms with Crippen LogP contribution >= 0.6 is 11.8 Å². The summed E-state index contributed by atoms with van der Waals surface area (Å²) in [6, 6.07) is 4.38. The summed E-state index contributed by atoms with van der Waals surface area (Å²) >= 11 is 1.38. The van der Waals surface area contributed by atoms with Crippen molar-refractivity contribution in [2.24, 2.45) is 0 Å². The molecule has 1 saturated carbocycles. The van der Waals surface area contributed by atoms with Crippen LogP contribution in [0.5, 0.6) is 11.5 Å². The van der Waals surface area contributed by atoms with Crippen molar-refractivity contribution < 1.29 is 14.3 Å². The predicted molar refractivity (Wildman–Crippen MR) is 109 cm³/mol. The van der Waals surface area contributed by atoms with Crippen LogP contribution in [0.3, 0.4) is 0 Å². The van der Waals surface area contributed by atoms with Crippen LogP contribution in [0.1, 0.15) is 56.7 Å². The lowest BCUT2D eigenvalue weighted by Gasteiger charge is -2.13. The van der Waals surface area contributed by atoms with Gasteiger partial charge in [-0.05, 0) is 49.2 Å². The summed E-state index contributed by atoms with van der Waals surface area (Å²) in [5, 5.41) is 15.7. The van der Waals surface area contributed by atoms with Crippen LogP contribution in [-0.2, 0) is 17.8 Å². The van der Waals surface area contributed by atoms with Crippen molar-refractivity contribution in [2.45, 2.75) is 69.8 Å². The SMILES string of the molecule is CCOc1cc2c(cc1CNC(=O)CSc1nnnn1C1CCCC1)O[C@@H](C)C2. The highest BCUT2D eigenvalue weighted by atomic mass is 32.2. The minimum atomic E-state index is -0.0618. The van der Waals surface area contributed by atoms with Crippen molar-refractivity contribution in [2.75, 3.05) is 12.4 Å². The maximum atomic E-state index is 12.4. The Hall–Kier alpha value is -2.29. The van der Waals surface area contributed by atoms with Crippen molar-refractivity contribution in [3.63, 3.8) is 0 Å². The zero-order valence-corrected chi connectivity index (χ0v) is 17.7. The molecule has 156 valence electrons. The lowest BCUT2D eigenvalue weighted by Crippen LogP contribution is -2.25.